The first-order chi connectivity index (χ1) is 7.25. The van der Waals surface area contributed by atoms with Crippen molar-refractivity contribution in [2.75, 3.05) is 26.2 Å². The van der Waals surface area contributed by atoms with E-state index >= 15 is 0 Å². The molecule has 0 aliphatic carbocycles. The summed E-state index contributed by atoms with van der Waals surface area (Å²) in [6, 6.07) is 0. The molecule has 2 heterocycles. The van der Waals surface area contributed by atoms with Gasteiger partial charge in [0.25, 0.3) is 0 Å². The number of hydrogen-bond donors (Lipinski definition) is 1. The number of ether oxygens (including phenoxy) is 1. The molecule has 2 N–H and O–H groups in total. The number of piperidine rings is 1. The molecule has 0 aromatic heterocycles. The highest BCUT2D eigenvalue weighted by atomic mass is 32.1. The van der Waals surface area contributed by atoms with Crippen LogP contribution in [0.1, 0.15) is 25.7 Å². The summed E-state index contributed by atoms with van der Waals surface area (Å²) in [7, 11) is 0. The fraction of sp³-hybridized carbons (Fsp3) is 0.909. The number of nitrogens with zero attached hydrogens (tertiary/aromatic N) is 1. The van der Waals surface area contributed by atoms with Crippen molar-refractivity contribution in [1.29, 1.82) is 0 Å². The summed E-state index contributed by atoms with van der Waals surface area (Å²) in [5.41, 5.74) is 5.71. The normalized spacial score (nSPS) is 33.1. The van der Waals surface area contributed by atoms with Gasteiger partial charge in [0.05, 0.1) is 11.1 Å². The van der Waals surface area contributed by atoms with E-state index in [1.165, 1.54) is 25.8 Å². The minimum atomic E-state index is 0.426. The molecule has 15 heavy (non-hydrogen) atoms. The van der Waals surface area contributed by atoms with Gasteiger partial charge in [0.1, 0.15) is 0 Å². The molecule has 2 rings (SSSR count). The lowest BCUT2D eigenvalue weighted by molar-refractivity contribution is 0.0625. The van der Waals surface area contributed by atoms with Crippen LogP contribution < -0.4 is 5.73 Å². The lowest BCUT2D eigenvalue weighted by Gasteiger charge is -2.33. The van der Waals surface area contributed by atoms with Gasteiger partial charge in [0.15, 0.2) is 0 Å². The maximum absolute atomic E-state index is 5.71. The average molecular weight is 228 g/mol. The molecule has 2 saturated heterocycles. The Morgan fingerprint density at radius 3 is 2.93 bits per heavy atom. The van der Waals surface area contributed by atoms with E-state index in [-0.39, 0.29) is 0 Å². The molecule has 0 aromatic carbocycles. The van der Waals surface area contributed by atoms with Gasteiger partial charge in [-0.15, -0.1) is 0 Å². The van der Waals surface area contributed by atoms with Crippen LogP contribution in [0.5, 0.6) is 0 Å². The van der Waals surface area contributed by atoms with Crippen LogP contribution in [0.3, 0.4) is 0 Å². The second-order valence-electron chi connectivity index (χ2n) is 4.64. The van der Waals surface area contributed by atoms with Crippen molar-refractivity contribution in [2.45, 2.75) is 31.8 Å². The van der Waals surface area contributed by atoms with Crippen LogP contribution >= 0.6 is 12.2 Å². The fourth-order valence-electron chi connectivity index (χ4n) is 2.53. The Labute approximate surface area is 96.9 Å². The molecule has 2 atom stereocenters. The molecular formula is C11H20N2OS. The number of hydrogen-bond acceptors (Lipinski definition) is 3. The van der Waals surface area contributed by atoms with Crippen molar-refractivity contribution in [2.24, 2.45) is 11.7 Å². The van der Waals surface area contributed by atoms with Crippen LogP contribution in [0.25, 0.3) is 0 Å². The Kier molecular flexibility index (Phi) is 3.94. The summed E-state index contributed by atoms with van der Waals surface area (Å²) < 4.78 is 5.65. The maximum Gasteiger partial charge on any atom is 0.0771 e. The minimum absolute atomic E-state index is 0.426. The molecule has 2 fully saturated rings. The van der Waals surface area contributed by atoms with Crippen LogP contribution in [-0.2, 0) is 4.74 Å². The van der Waals surface area contributed by atoms with E-state index in [1.807, 2.05) is 0 Å². The summed E-state index contributed by atoms with van der Waals surface area (Å²) in [5.74, 6) is 0.426. The smallest absolute Gasteiger partial charge is 0.0771 e. The Hall–Kier alpha value is -0.190. The molecule has 0 radical (unpaired) electrons. The molecule has 0 bridgehead atoms. The van der Waals surface area contributed by atoms with Gasteiger partial charge in [-0.25, -0.2) is 0 Å². The van der Waals surface area contributed by atoms with E-state index in [9.17, 15) is 0 Å². The molecule has 0 amide bonds. The molecule has 2 aliphatic rings. The van der Waals surface area contributed by atoms with Crippen molar-refractivity contribution in [3.05, 3.63) is 0 Å². The maximum atomic E-state index is 5.71. The number of thiocarbonyl (C=S) groups is 1. The molecule has 2 unspecified atom stereocenters. The van der Waals surface area contributed by atoms with Gasteiger partial charge >= 0.3 is 0 Å². The van der Waals surface area contributed by atoms with Crippen molar-refractivity contribution in [3.63, 3.8) is 0 Å². The summed E-state index contributed by atoms with van der Waals surface area (Å²) in [4.78, 5) is 3.15. The number of rotatable bonds is 3. The zero-order chi connectivity index (χ0) is 10.7. The fourth-order valence-corrected chi connectivity index (χ4v) is 2.72. The van der Waals surface area contributed by atoms with E-state index in [1.54, 1.807) is 0 Å². The van der Waals surface area contributed by atoms with Crippen molar-refractivity contribution >= 4 is 17.2 Å². The first-order valence-corrected chi connectivity index (χ1v) is 6.30. The number of likely N-dealkylation sites (tertiary alicyclic amines) is 1. The molecule has 0 aromatic rings. The standard InChI is InChI=1S/C11H20N2OS/c12-11(15)9-3-1-5-13(7-9)8-10-4-2-6-14-10/h9-10H,1-8H2,(H2,12,15). The predicted molar refractivity (Wildman–Crippen MR) is 64.9 cm³/mol. The molecular weight excluding hydrogens is 208 g/mol. The molecule has 3 nitrogen and oxygen atoms in total. The molecule has 2 aliphatic heterocycles. The van der Waals surface area contributed by atoms with E-state index in [2.05, 4.69) is 4.90 Å². The van der Waals surface area contributed by atoms with E-state index in [4.69, 9.17) is 22.7 Å². The van der Waals surface area contributed by atoms with Gasteiger partial charge in [-0.05, 0) is 32.2 Å². The highest BCUT2D eigenvalue weighted by Gasteiger charge is 2.25. The van der Waals surface area contributed by atoms with Crippen LogP contribution in [0, 0.1) is 5.92 Å². The summed E-state index contributed by atoms with van der Waals surface area (Å²) >= 11 is 5.07. The van der Waals surface area contributed by atoms with Gasteiger partial charge in [0, 0.05) is 25.6 Å². The highest BCUT2D eigenvalue weighted by Crippen LogP contribution is 2.20. The van der Waals surface area contributed by atoms with Gasteiger partial charge in [-0.3, -0.25) is 0 Å². The number of nitrogens with two attached hydrogens (primary N) is 1. The first-order valence-electron chi connectivity index (χ1n) is 5.89. The molecule has 0 saturated carbocycles. The van der Waals surface area contributed by atoms with E-state index in [0.717, 1.165) is 26.1 Å². The van der Waals surface area contributed by atoms with Gasteiger partial charge < -0.3 is 15.4 Å². The Morgan fingerprint density at radius 2 is 2.27 bits per heavy atom. The molecule has 0 spiro atoms. The second kappa shape index (κ2) is 5.23. The van der Waals surface area contributed by atoms with Crippen LogP contribution in [0.2, 0.25) is 0 Å². The van der Waals surface area contributed by atoms with Gasteiger partial charge in [-0.2, -0.15) is 0 Å². The zero-order valence-corrected chi connectivity index (χ0v) is 9.97. The molecule has 86 valence electrons. The van der Waals surface area contributed by atoms with Crippen molar-refractivity contribution in [1.82, 2.24) is 4.90 Å². The van der Waals surface area contributed by atoms with Crippen LogP contribution in [0.15, 0.2) is 0 Å². The third-order valence-electron chi connectivity index (χ3n) is 3.39. The third-order valence-corrected chi connectivity index (χ3v) is 3.73. The first kappa shape index (κ1) is 11.3. The molecule has 4 heteroatoms. The van der Waals surface area contributed by atoms with E-state index in [0.29, 0.717) is 17.0 Å². The third kappa shape index (κ3) is 3.13. The summed E-state index contributed by atoms with van der Waals surface area (Å²) in [6.45, 7) is 4.23. The Bertz CT molecular complexity index is 229. The predicted octanol–water partition coefficient (Wildman–Crippen LogP) is 1.16. The average Bonchev–Trinajstić information content (AvgIpc) is 2.71. The quantitative estimate of drug-likeness (QED) is 0.736. The lowest BCUT2D eigenvalue weighted by atomic mass is 9.98. The zero-order valence-electron chi connectivity index (χ0n) is 9.15. The van der Waals surface area contributed by atoms with Crippen LogP contribution in [0.4, 0.5) is 0 Å². The van der Waals surface area contributed by atoms with Crippen molar-refractivity contribution in [3.8, 4) is 0 Å². The summed E-state index contributed by atoms with van der Waals surface area (Å²) in [5, 5.41) is 0. The minimum Gasteiger partial charge on any atom is -0.393 e. The SMILES string of the molecule is NC(=S)C1CCCN(CC2CCCO2)C1. The van der Waals surface area contributed by atoms with E-state index < -0.39 is 0 Å². The Balaban J connectivity index is 1.79. The van der Waals surface area contributed by atoms with Crippen molar-refractivity contribution < 1.29 is 4.74 Å². The topological polar surface area (TPSA) is 38.5 Å². The largest absolute Gasteiger partial charge is 0.393 e. The highest BCUT2D eigenvalue weighted by molar-refractivity contribution is 7.80. The summed E-state index contributed by atoms with van der Waals surface area (Å²) in [6.07, 6.45) is 5.27. The van der Waals surface area contributed by atoms with Crippen LogP contribution in [-0.4, -0.2) is 42.2 Å². The van der Waals surface area contributed by atoms with Gasteiger partial charge in [-0.1, -0.05) is 12.2 Å². The Morgan fingerprint density at radius 1 is 1.40 bits per heavy atom. The second-order valence-corrected chi connectivity index (χ2v) is 5.11. The lowest BCUT2D eigenvalue weighted by Crippen LogP contribution is -2.43. The van der Waals surface area contributed by atoms with Gasteiger partial charge in [0.2, 0.25) is 0 Å². The monoisotopic (exact) mass is 228 g/mol.